The van der Waals surface area contributed by atoms with Crippen molar-refractivity contribution in [1.29, 1.82) is 0 Å². The van der Waals surface area contributed by atoms with Crippen molar-refractivity contribution < 1.29 is 0 Å². The van der Waals surface area contributed by atoms with Crippen LogP contribution in [0.5, 0.6) is 0 Å². The lowest BCUT2D eigenvalue weighted by atomic mass is 9.84. The van der Waals surface area contributed by atoms with Crippen molar-refractivity contribution in [3.05, 3.63) is 82.2 Å². The summed E-state index contributed by atoms with van der Waals surface area (Å²) in [6.07, 6.45) is 0.996. The molecule has 0 spiro atoms. The molecule has 0 aliphatic heterocycles. The first kappa shape index (κ1) is 17.3. The summed E-state index contributed by atoms with van der Waals surface area (Å²) in [6, 6.07) is 21.8. The third kappa shape index (κ3) is 3.07. The Morgan fingerprint density at radius 1 is 0.880 bits per heavy atom. The molecule has 3 aromatic rings. The van der Waals surface area contributed by atoms with Crippen molar-refractivity contribution in [3.8, 4) is 0 Å². The molecule has 3 aromatic carbocycles. The molecule has 1 aliphatic rings. The number of fused-ring (bicyclic) bond motifs is 2. The third-order valence-corrected chi connectivity index (χ3v) is 4.94. The second-order valence-corrected chi connectivity index (χ2v) is 6.62. The van der Waals surface area contributed by atoms with Gasteiger partial charge in [0.05, 0.1) is 0 Å². The van der Waals surface area contributed by atoms with Gasteiger partial charge >= 0.3 is 0 Å². The van der Waals surface area contributed by atoms with E-state index in [1.807, 2.05) is 13.8 Å². The van der Waals surface area contributed by atoms with Crippen molar-refractivity contribution in [1.82, 2.24) is 0 Å². The predicted octanol–water partition coefficient (Wildman–Crippen LogP) is 4.48. The second-order valence-electron chi connectivity index (χ2n) is 6.62. The fraction of sp³-hybridized carbons (Fsp3) is 0.250. The molecule has 0 amide bonds. The molecule has 0 heterocycles. The SMILES string of the molecule is CC.Cc1cc(C2=c3ccccc3=C(N)C(C)C2)c2ccccc2c1. The van der Waals surface area contributed by atoms with Crippen molar-refractivity contribution in [2.75, 3.05) is 0 Å². The highest BCUT2D eigenvalue weighted by molar-refractivity contribution is 5.94. The van der Waals surface area contributed by atoms with E-state index in [0.29, 0.717) is 5.92 Å². The monoisotopic (exact) mass is 329 g/mol. The zero-order chi connectivity index (χ0) is 18.0. The lowest BCUT2D eigenvalue weighted by Gasteiger charge is -2.22. The lowest BCUT2D eigenvalue weighted by molar-refractivity contribution is 0.747. The molecule has 0 bridgehead atoms. The van der Waals surface area contributed by atoms with Gasteiger partial charge in [-0.1, -0.05) is 81.4 Å². The molecule has 1 nitrogen and oxygen atoms in total. The summed E-state index contributed by atoms with van der Waals surface area (Å²) in [5, 5.41) is 5.13. The first-order valence-corrected chi connectivity index (χ1v) is 9.23. The van der Waals surface area contributed by atoms with Gasteiger partial charge in [-0.25, -0.2) is 0 Å². The van der Waals surface area contributed by atoms with Gasteiger partial charge in [0, 0.05) is 16.8 Å². The van der Waals surface area contributed by atoms with Gasteiger partial charge in [-0.2, -0.15) is 0 Å². The number of benzene rings is 3. The summed E-state index contributed by atoms with van der Waals surface area (Å²) < 4.78 is 0. The highest BCUT2D eigenvalue weighted by Crippen LogP contribution is 2.31. The van der Waals surface area contributed by atoms with Crippen LogP contribution >= 0.6 is 0 Å². The highest BCUT2D eigenvalue weighted by Gasteiger charge is 2.18. The van der Waals surface area contributed by atoms with Crippen molar-refractivity contribution in [3.63, 3.8) is 0 Å². The van der Waals surface area contributed by atoms with E-state index in [2.05, 4.69) is 74.5 Å². The molecule has 2 N–H and O–H groups in total. The summed E-state index contributed by atoms with van der Waals surface area (Å²) in [6.45, 7) is 8.40. The predicted molar refractivity (Wildman–Crippen MR) is 110 cm³/mol. The van der Waals surface area contributed by atoms with Gasteiger partial charge in [-0.3, -0.25) is 0 Å². The van der Waals surface area contributed by atoms with Gasteiger partial charge < -0.3 is 5.73 Å². The van der Waals surface area contributed by atoms with E-state index in [1.165, 1.54) is 37.9 Å². The average molecular weight is 329 g/mol. The molecule has 25 heavy (non-hydrogen) atoms. The molecule has 4 rings (SSSR count). The molecule has 0 saturated heterocycles. The maximum absolute atomic E-state index is 6.38. The summed E-state index contributed by atoms with van der Waals surface area (Å²) in [5.74, 6) is 0.374. The van der Waals surface area contributed by atoms with Crippen LogP contribution < -0.4 is 16.2 Å². The summed E-state index contributed by atoms with van der Waals surface area (Å²) in [5.41, 5.74) is 11.5. The number of hydrogen-bond acceptors (Lipinski definition) is 1. The molecule has 0 radical (unpaired) electrons. The van der Waals surface area contributed by atoms with E-state index in [4.69, 9.17) is 5.73 Å². The first-order chi connectivity index (χ1) is 12.1. The van der Waals surface area contributed by atoms with Crippen LogP contribution in [0.2, 0.25) is 0 Å². The fourth-order valence-corrected chi connectivity index (χ4v) is 3.75. The lowest BCUT2D eigenvalue weighted by Crippen LogP contribution is -2.37. The minimum atomic E-state index is 0.374. The fourth-order valence-electron chi connectivity index (χ4n) is 3.75. The number of rotatable bonds is 1. The standard InChI is InChI=1S/C22H21N.C2H6/c1-14-11-16-7-3-4-8-17(16)20(12-14)21-13-15(2)22(23)19-10-6-5-9-18(19)21;1-2/h3-12,15H,13,23H2,1-2H3;1-2H3. The van der Waals surface area contributed by atoms with Crippen molar-refractivity contribution in [2.45, 2.75) is 34.1 Å². The maximum atomic E-state index is 6.38. The average Bonchev–Trinajstić information content (AvgIpc) is 2.65. The normalized spacial score (nSPS) is 16.2. The molecular formula is C24H27N. The Morgan fingerprint density at radius 3 is 2.28 bits per heavy atom. The Morgan fingerprint density at radius 2 is 1.52 bits per heavy atom. The zero-order valence-corrected chi connectivity index (χ0v) is 15.6. The van der Waals surface area contributed by atoms with Gasteiger partial charge in [0.1, 0.15) is 0 Å². The summed E-state index contributed by atoms with van der Waals surface area (Å²) in [7, 11) is 0. The van der Waals surface area contributed by atoms with Gasteiger partial charge in [0.25, 0.3) is 0 Å². The van der Waals surface area contributed by atoms with E-state index in [-0.39, 0.29) is 0 Å². The van der Waals surface area contributed by atoms with E-state index in [1.54, 1.807) is 0 Å². The van der Waals surface area contributed by atoms with Crippen molar-refractivity contribution in [2.24, 2.45) is 11.7 Å². The molecule has 0 fully saturated rings. The summed E-state index contributed by atoms with van der Waals surface area (Å²) in [4.78, 5) is 0. The van der Waals surface area contributed by atoms with E-state index >= 15 is 0 Å². The quantitative estimate of drug-likeness (QED) is 0.700. The van der Waals surface area contributed by atoms with Gasteiger partial charge in [0.15, 0.2) is 0 Å². The largest absolute Gasteiger partial charge is 0.401 e. The molecule has 128 valence electrons. The van der Waals surface area contributed by atoms with Crippen LogP contribution in [-0.2, 0) is 0 Å². The van der Waals surface area contributed by atoms with Crippen LogP contribution in [0.3, 0.4) is 0 Å². The van der Waals surface area contributed by atoms with Crippen LogP contribution in [0.1, 0.15) is 38.3 Å². The minimum Gasteiger partial charge on any atom is -0.401 e. The van der Waals surface area contributed by atoms with Gasteiger partial charge in [-0.05, 0) is 46.0 Å². The Balaban J connectivity index is 0.000000880. The number of hydrogen-bond donors (Lipinski definition) is 1. The highest BCUT2D eigenvalue weighted by atomic mass is 14.6. The van der Waals surface area contributed by atoms with Crippen LogP contribution in [0.15, 0.2) is 60.7 Å². The Labute approximate surface area is 150 Å². The Bertz CT molecular complexity index is 1030. The van der Waals surface area contributed by atoms with Crippen LogP contribution in [0.25, 0.3) is 22.0 Å². The van der Waals surface area contributed by atoms with Gasteiger partial charge in [-0.15, -0.1) is 0 Å². The third-order valence-electron chi connectivity index (χ3n) is 4.94. The van der Waals surface area contributed by atoms with E-state index in [9.17, 15) is 0 Å². The maximum Gasteiger partial charge on any atom is 0.0192 e. The minimum absolute atomic E-state index is 0.374. The zero-order valence-electron chi connectivity index (χ0n) is 15.6. The molecule has 1 aliphatic carbocycles. The first-order valence-electron chi connectivity index (χ1n) is 9.23. The Kier molecular flexibility index (Phi) is 4.94. The second kappa shape index (κ2) is 7.14. The van der Waals surface area contributed by atoms with E-state index < -0.39 is 0 Å². The molecular weight excluding hydrogens is 302 g/mol. The topological polar surface area (TPSA) is 26.0 Å². The Hall–Kier alpha value is -2.54. The van der Waals surface area contributed by atoms with Gasteiger partial charge in [0.2, 0.25) is 0 Å². The van der Waals surface area contributed by atoms with E-state index in [0.717, 1.165) is 12.1 Å². The van der Waals surface area contributed by atoms with Crippen molar-refractivity contribution >= 4 is 22.0 Å². The number of nitrogens with two attached hydrogens (primary N) is 1. The molecule has 0 saturated carbocycles. The van der Waals surface area contributed by atoms with Crippen LogP contribution in [0, 0.1) is 12.8 Å². The number of aryl methyl sites for hydroxylation is 1. The van der Waals surface area contributed by atoms with Crippen LogP contribution in [-0.4, -0.2) is 0 Å². The molecule has 0 aromatic heterocycles. The summed E-state index contributed by atoms with van der Waals surface area (Å²) >= 11 is 0. The van der Waals surface area contributed by atoms with Crippen LogP contribution in [0.4, 0.5) is 0 Å². The molecule has 1 heteroatoms. The smallest absolute Gasteiger partial charge is 0.0192 e. The molecule has 1 unspecified atom stereocenters. The molecule has 1 atom stereocenters.